The molecular weight excluding hydrogens is 338 g/mol. The standard InChI is InChI=1S/C23H23NO3/c1-3-17-5-7-18(8-6-17)23(25)24-19-9-11-21(12-10-19)27-22-15-13-20(14-16-22)26-4-2/h5-16H,3-4H2,1-2H3,(H,24,25). The van der Waals surface area contributed by atoms with Gasteiger partial charge < -0.3 is 14.8 Å². The molecule has 0 radical (unpaired) electrons. The Morgan fingerprint density at radius 3 is 1.89 bits per heavy atom. The van der Waals surface area contributed by atoms with Gasteiger partial charge in [0.15, 0.2) is 0 Å². The molecule has 0 saturated carbocycles. The molecule has 4 heteroatoms. The van der Waals surface area contributed by atoms with Gasteiger partial charge in [-0.25, -0.2) is 0 Å². The molecule has 0 heterocycles. The third-order valence-corrected chi connectivity index (χ3v) is 4.11. The molecule has 0 unspecified atom stereocenters. The Kier molecular flexibility index (Phi) is 6.10. The summed E-state index contributed by atoms with van der Waals surface area (Å²) in [6.07, 6.45) is 0.956. The van der Waals surface area contributed by atoms with Gasteiger partial charge in [-0.2, -0.15) is 0 Å². The lowest BCUT2D eigenvalue weighted by molar-refractivity contribution is 0.102. The molecule has 3 aromatic carbocycles. The third kappa shape index (κ3) is 5.11. The van der Waals surface area contributed by atoms with E-state index in [0.29, 0.717) is 17.9 Å². The highest BCUT2D eigenvalue weighted by molar-refractivity contribution is 6.04. The number of aryl methyl sites for hydroxylation is 1. The van der Waals surface area contributed by atoms with Crippen molar-refractivity contribution in [2.24, 2.45) is 0 Å². The number of carbonyl (C=O) groups is 1. The van der Waals surface area contributed by atoms with Crippen LogP contribution in [0.5, 0.6) is 17.2 Å². The highest BCUT2D eigenvalue weighted by Crippen LogP contribution is 2.25. The molecule has 1 amide bonds. The van der Waals surface area contributed by atoms with Gasteiger partial charge in [-0.1, -0.05) is 19.1 Å². The first kappa shape index (κ1) is 18.5. The van der Waals surface area contributed by atoms with Gasteiger partial charge in [0.2, 0.25) is 0 Å². The predicted molar refractivity (Wildman–Crippen MR) is 108 cm³/mol. The first-order chi connectivity index (χ1) is 13.2. The molecule has 0 aliphatic carbocycles. The minimum Gasteiger partial charge on any atom is -0.494 e. The number of hydrogen-bond acceptors (Lipinski definition) is 3. The second kappa shape index (κ2) is 8.90. The monoisotopic (exact) mass is 361 g/mol. The van der Waals surface area contributed by atoms with Gasteiger partial charge in [-0.05, 0) is 79.6 Å². The molecule has 0 aliphatic heterocycles. The van der Waals surface area contributed by atoms with E-state index in [1.165, 1.54) is 5.56 Å². The Morgan fingerprint density at radius 1 is 0.778 bits per heavy atom. The van der Waals surface area contributed by atoms with Crippen molar-refractivity contribution in [1.29, 1.82) is 0 Å². The lowest BCUT2D eigenvalue weighted by atomic mass is 10.1. The first-order valence-corrected chi connectivity index (χ1v) is 9.09. The van der Waals surface area contributed by atoms with Crippen LogP contribution in [0.15, 0.2) is 72.8 Å². The molecule has 0 aromatic heterocycles. The molecule has 0 bridgehead atoms. The van der Waals surface area contributed by atoms with Crippen molar-refractivity contribution in [2.75, 3.05) is 11.9 Å². The molecule has 0 aliphatic rings. The second-order valence-electron chi connectivity index (χ2n) is 6.04. The fourth-order valence-electron chi connectivity index (χ4n) is 2.61. The van der Waals surface area contributed by atoms with E-state index in [1.807, 2.05) is 79.7 Å². The SMILES string of the molecule is CCOc1ccc(Oc2ccc(NC(=O)c3ccc(CC)cc3)cc2)cc1. The lowest BCUT2D eigenvalue weighted by Gasteiger charge is -2.09. The zero-order valence-electron chi connectivity index (χ0n) is 15.6. The number of amides is 1. The topological polar surface area (TPSA) is 47.6 Å². The van der Waals surface area contributed by atoms with E-state index >= 15 is 0 Å². The van der Waals surface area contributed by atoms with Crippen LogP contribution >= 0.6 is 0 Å². The second-order valence-corrected chi connectivity index (χ2v) is 6.04. The van der Waals surface area contributed by atoms with Gasteiger partial charge in [-0.15, -0.1) is 0 Å². The summed E-state index contributed by atoms with van der Waals surface area (Å²) in [5.41, 5.74) is 2.57. The van der Waals surface area contributed by atoms with Crippen LogP contribution in [-0.4, -0.2) is 12.5 Å². The zero-order chi connectivity index (χ0) is 19.1. The Labute approximate surface area is 159 Å². The van der Waals surface area contributed by atoms with Gasteiger partial charge in [0.05, 0.1) is 6.61 Å². The number of ether oxygens (including phenoxy) is 2. The molecule has 138 valence electrons. The van der Waals surface area contributed by atoms with Crippen molar-refractivity contribution in [1.82, 2.24) is 0 Å². The summed E-state index contributed by atoms with van der Waals surface area (Å²) in [5.74, 6) is 2.11. The molecule has 1 N–H and O–H groups in total. The minimum atomic E-state index is -0.127. The first-order valence-electron chi connectivity index (χ1n) is 9.09. The van der Waals surface area contributed by atoms with Crippen molar-refractivity contribution in [3.8, 4) is 17.2 Å². The normalized spacial score (nSPS) is 10.3. The Hall–Kier alpha value is -3.27. The van der Waals surface area contributed by atoms with Crippen LogP contribution in [-0.2, 0) is 6.42 Å². The Bertz CT molecular complexity index is 869. The molecule has 0 saturated heterocycles. The minimum absolute atomic E-state index is 0.127. The quantitative estimate of drug-likeness (QED) is 0.588. The summed E-state index contributed by atoms with van der Waals surface area (Å²) in [7, 11) is 0. The van der Waals surface area contributed by atoms with Crippen molar-refractivity contribution in [3.63, 3.8) is 0 Å². The predicted octanol–water partition coefficient (Wildman–Crippen LogP) is 5.69. The van der Waals surface area contributed by atoms with Gasteiger partial charge >= 0.3 is 0 Å². The number of benzene rings is 3. The summed E-state index contributed by atoms with van der Waals surface area (Å²) in [5, 5.41) is 2.90. The zero-order valence-corrected chi connectivity index (χ0v) is 15.6. The van der Waals surface area contributed by atoms with E-state index in [4.69, 9.17) is 9.47 Å². The maximum absolute atomic E-state index is 12.3. The van der Waals surface area contributed by atoms with E-state index in [2.05, 4.69) is 12.2 Å². The van der Waals surface area contributed by atoms with Crippen LogP contribution in [0.1, 0.15) is 29.8 Å². The molecule has 4 nitrogen and oxygen atoms in total. The average Bonchev–Trinajstić information content (AvgIpc) is 2.71. The van der Waals surface area contributed by atoms with E-state index < -0.39 is 0 Å². The molecule has 0 spiro atoms. The van der Waals surface area contributed by atoms with Gasteiger partial charge in [0.25, 0.3) is 5.91 Å². The molecule has 0 fully saturated rings. The average molecular weight is 361 g/mol. The van der Waals surface area contributed by atoms with Crippen molar-refractivity contribution >= 4 is 11.6 Å². The third-order valence-electron chi connectivity index (χ3n) is 4.11. The molecular formula is C23H23NO3. The number of carbonyl (C=O) groups excluding carboxylic acids is 1. The van der Waals surface area contributed by atoms with E-state index in [9.17, 15) is 4.79 Å². The number of anilines is 1. The van der Waals surface area contributed by atoms with Gasteiger partial charge in [-0.3, -0.25) is 4.79 Å². The summed E-state index contributed by atoms with van der Waals surface area (Å²) in [4.78, 5) is 12.3. The van der Waals surface area contributed by atoms with Crippen LogP contribution in [0.4, 0.5) is 5.69 Å². The lowest BCUT2D eigenvalue weighted by Crippen LogP contribution is -2.11. The Morgan fingerprint density at radius 2 is 1.33 bits per heavy atom. The van der Waals surface area contributed by atoms with E-state index in [-0.39, 0.29) is 5.91 Å². The van der Waals surface area contributed by atoms with E-state index in [1.54, 1.807) is 0 Å². The van der Waals surface area contributed by atoms with Crippen LogP contribution in [0.3, 0.4) is 0 Å². The van der Waals surface area contributed by atoms with Crippen LogP contribution < -0.4 is 14.8 Å². The summed E-state index contributed by atoms with van der Waals surface area (Å²) >= 11 is 0. The molecule has 3 aromatic rings. The highest BCUT2D eigenvalue weighted by atomic mass is 16.5. The van der Waals surface area contributed by atoms with Crippen LogP contribution in [0, 0.1) is 0 Å². The summed E-state index contributed by atoms with van der Waals surface area (Å²) < 4.78 is 11.2. The van der Waals surface area contributed by atoms with Crippen LogP contribution in [0.25, 0.3) is 0 Å². The molecule has 3 rings (SSSR count). The summed E-state index contributed by atoms with van der Waals surface area (Å²) in [6.45, 7) is 4.67. The molecule has 27 heavy (non-hydrogen) atoms. The van der Waals surface area contributed by atoms with Gasteiger partial charge in [0, 0.05) is 11.3 Å². The summed E-state index contributed by atoms with van der Waals surface area (Å²) in [6, 6.07) is 22.4. The molecule has 0 atom stereocenters. The van der Waals surface area contributed by atoms with Crippen molar-refractivity contribution in [2.45, 2.75) is 20.3 Å². The maximum Gasteiger partial charge on any atom is 0.255 e. The highest BCUT2D eigenvalue weighted by Gasteiger charge is 2.06. The van der Waals surface area contributed by atoms with E-state index in [0.717, 1.165) is 23.6 Å². The van der Waals surface area contributed by atoms with Crippen molar-refractivity contribution in [3.05, 3.63) is 83.9 Å². The van der Waals surface area contributed by atoms with Crippen molar-refractivity contribution < 1.29 is 14.3 Å². The number of nitrogens with one attached hydrogen (secondary N) is 1. The smallest absolute Gasteiger partial charge is 0.255 e. The number of rotatable bonds is 7. The maximum atomic E-state index is 12.3. The van der Waals surface area contributed by atoms with Crippen LogP contribution in [0.2, 0.25) is 0 Å². The fourth-order valence-corrected chi connectivity index (χ4v) is 2.61. The Balaban J connectivity index is 1.60. The fraction of sp³-hybridized carbons (Fsp3) is 0.174. The van der Waals surface area contributed by atoms with Gasteiger partial charge in [0.1, 0.15) is 17.2 Å². The largest absolute Gasteiger partial charge is 0.494 e. The number of hydrogen-bond donors (Lipinski definition) is 1.